The molecule has 0 saturated heterocycles. The molecule has 1 aromatic carbocycles. The lowest BCUT2D eigenvalue weighted by Gasteiger charge is -2.19. The van der Waals surface area contributed by atoms with Gasteiger partial charge in [-0.25, -0.2) is 13.1 Å². The van der Waals surface area contributed by atoms with Crippen LogP contribution in [0.15, 0.2) is 29.2 Å². The van der Waals surface area contributed by atoms with Gasteiger partial charge >= 0.3 is 0 Å². The zero-order valence-corrected chi connectivity index (χ0v) is 14.6. The minimum Gasteiger partial charge on any atom is -0.356 e. The molecule has 6 heteroatoms. The average molecular weight is 326 g/mol. The van der Waals surface area contributed by atoms with Gasteiger partial charge in [-0.1, -0.05) is 39.8 Å². The van der Waals surface area contributed by atoms with Crippen LogP contribution in [0.3, 0.4) is 0 Å². The normalized spacial score (nSPS) is 12.2. The Balaban J connectivity index is 2.61. The largest absolute Gasteiger partial charge is 0.356 e. The van der Waals surface area contributed by atoms with Gasteiger partial charge in [-0.15, -0.1) is 0 Å². The summed E-state index contributed by atoms with van der Waals surface area (Å²) in [7, 11) is -3.57. The summed E-state index contributed by atoms with van der Waals surface area (Å²) < 4.78 is 26.7. The second kappa shape index (κ2) is 7.74. The van der Waals surface area contributed by atoms with Gasteiger partial charge in [-0.05, 0) is 29.5 Å². The molecular weight excluding hydrogens is 300 g/mol. The smallest absolute Gasteiger partial charge is 0.240 e. The molecule has 0 radical (unpaired) electrons. The van der Waals surface area contributed by atoms with Crippen molar-refractivity contribution in [2.24, 2.45) is 0 Å². The third-order valence-corrected chi connectivity index (χ3v) is 4.72. The highest BCUT2D eigenvalue weighted by atomic mass is 32.2. The molecule has 0 aromatic heterocycles. The summed E-state index contributed by atoms with van der Waals surface area (Å²) in [5, 5.41) is 2.71. The topological polar surface area (TPSA) is 75.3 Å². The van der Waals surface area contributed by atoms with E-state index < -0.39 is 10.0 Å². The number of carbonyl (C=O) groups is 1. The van der Waals surface area contributed by atoms with Crippen molar-refractivity contribution < 1.29 is 13.2 Å². The van der Waals surface area contributed by atoms with E-state index in [9.17, 15) is 13.2 Å². The van der Waals surface area contributed by atoms with Crippen molar-refractivity contribution in [3.8, 4) is 0 Å². The highest BCUT2D eigenvalue weighted by Gasteiger charge is 2.17. The van der Waals surface area contributed by atoms with Gasteiger partial charge in [0.1, 0.15) is 0 Å². The van der Waals surface area contributed by atoms with E-state index in [-0.39, 0.29) is 29.2 Å². The maximum Gasteiger partial charge on any atom is 0.240 e. The zero-order valence-electron chi connectivity index (χ0n) is 13.8. The van der Waals surface area contributed by atoms with Crippen LogP contribution >= 0.6 is 0 Å². The van der Waals surface area contributed by atoms with Gasteiger partial charge in [0, 0.05) is 19.5 Å². The molecule has 0 fully saturated rings. The highest BCUT2D eigenvalue weighted by molar-refractivity contribution is 7.89. The SMILES string of the molecule is CCCNC(=O)CCNS(=O)(=O)c1ccc(C(C)(C)C)cc1. The van der Waals surface area contributed by atoms with E-state index >= 15 is 0 Å². The number of nitrogens with one attached hydrogen (secondary N) is 2. The Labute approximate surface area is 133 Å². The first-order valence-electron chi connectivity index (χ1n) is 7.53. The molecule has 1 rings (SSSR count). The first kappa shape index (κ1) is 18.6. The van der Waals surface area contributed by atoms with Crippen LogP contribution in [0.5, 0.6) is 0 Å². The Bertz CT molecular complexity index is 587. The lowest BCUT2D eigenvalue weighted by atomic mass is 9.87. The zero-order chi connectivity index (χ0) is 16.8. The highest BCUT2D eigenvalue weighted by Crippen LogP contribution is 2.23. The Kier molecular flexibility index (Phi) is 6.56. The monoisotopic (exact) mass is 326 g/mol. The summed E-state index contributed by atoms with van der Waals surface area (Å²) in [6, 6.07) is 6.84. The minimum atomic E-state index is -3.57. The van der Waals surface area contributed by atoms with Crippen LogP contribution in [0.2, 0.25) is 0 Å². The Hall–Kier alpha value is -1.40. The fraction of sp³-hybridized carbons (Fsp3) is 0.562. The van der Waals surface area contributed by atoms with Gasteiger partial charge in [-0.2, -0.15) is 0 Å². The molecule has 0 saturated carbocycles. The van der Waals surface area contributed by atoms with Crippen LogP contribution in [-0.2, 0) is 20.2 Å². The van der Waals surface area contributed by atoms with Crippen molar-refractivity contribution in [3.05, 3.63) is 29.8 Å². The van der Waals surface area contributed by atoms with Gasteiger partial charge < -0.3 is 5.32 Å². The fourth-order valence-corrected chi connectivity index (χ4v) is 2.90. The molecule has 1 aromatic rings. The molecule has 0 unspecified atom stereocenters. The lowest BCUT2D eigenvalue weighted by Crippen LogP contribution is -2.31. The van der Waals surface area contributed by atoms with Crippen LogP contribution in [-0.4, -0.2) is 27.4 Å². The summed E-state index contributed by atoms with van der Waals surface area (Å²) in [6.45, 7) is 8.89. The van der Waals surface area contributed by atoms with Crippen molar-refractivity contribution in [3.63, 3.8) is 0 Å². The first-order valence-corrected chi connectivity index (χ1v) is 9.02. The van der Waals surface area contributed by atoms with Crippen molar-refractivity contribution >= 4 is 15.9 Å². The van der Waals surface area contributed by atoms with E-state index in [0.717, 1.165) is 12.0 Å². The molecule has 0 aliphatic carbocycles. The van der Waals surface area contributed by atoms with E-state index in [1.54, 1.807) is 12.1 Å². The van der Waals surface area contributed by atoms with E-state index in [1.165, 1.54) is 0 Å². The summed E-state index contributed by atoms with van der Waals surface area (Å²) in [5.74, 6) is -0.146. The number of carbonyl (C=O) groups excluding carboxylic acids is 1. The van der Waals surface area contributed by atoms with Crippen LogP contribution in [0.1, 0.15) is 46.1 Å². The van der Waals surface area contributed by atoms with E-state index in [4.69, 9.17) is 0 Å². The maximum atomic E-state index is 12.1. The number of hydrogen-bond acceptors (Lipinski definition) is 3. The predicted octanol–water partition coefficient (Wildman–Crippen LogP) is 2.18. The maximum absolute atomic E-state index is 12.1. The standard InChI is InChI=1S/C16H26N2O3S/c1-5-11-17-15(19)10-12-18-22(20,21)14-8-6-13(7-9-14)16(2,3)4/h6-9,18H,5,10-12H2,1-4H3,(H,17,19). The summed E-state index contributed by atoms with van der Waals surface area (Å²) >= 11 is 0. The average Bonchev–Trinajstić information content (AvgIpc) is 2.44. The van der Waals surface area contributed by atoms with E-state index in [1.807, 2.05) is 19.1 Å². The Morgan fingerprint density at radius 2 is 1.68 bits per heavy atom. The Morgan fingerprint density at radius 3 is 2.18 bits per heavy atom. The van der Waals surface area contributed by atoms with Gasteiger partial charge in [0.25, 0.3) is 0 Å². The molecule has 22 heavy (non-hydrogen) atoms. The van der Waals surface area contributed by atoms with Crippen molar-refractivity contribution in [1.29, 1.82) is 0 Å². The van der Waals surface area contributed by atoms with Gasteiger partial charge in [0.15, 0.2) is 0 Å². The molecule has 0 spiro atoms. The second-order valence-corrected chi connectivity index (χ2v) is 8.04. The third kappa shape index (κ3) is 5.77. The summed E-state index contributed by atoms with van der Waals surface area (Å²) in [6.07, 6.45) is 0.997. The minimum absolute atomic E-state index is 0.0207. The van der Waals surface area contributed by atoms with Gasteiger partial charge in [0.05, 0.1) is 4.90 Å². The quantitative estimate of drug-likeness (QED) is 0.806. The molecule has 2 N–H and O–H groups in total. The Morgan fingerprint density at radius 1 is 1.09 bits per heavy atom. The number of amides is 1. The molecule has 0 bridgehead atoms. The fourth-order valence-electron chi connectivity index (χ4n) is 1.87. The summed E-state index contributed by atoms with van der Waals surface area (Å²) in [4.78, 5) is 11.7. The molecule has 0 atom stereocenters. The van der Waals surface area contributed by atoms with Crippen LogP contribution in [0, 0.1) is 0 Å². The molecular formula is C16H26N2O3S. The second-order valence-electron chi connectivity index (χ2n) is 6.27. The first-order chi connectivity index (χ1) is 10.2. The lowest BCUT2D eigenvalue weighted by molar-refractivity contribution is -0.120. The van der Waals surface area contributed by atoms with Crippen molar-refractivity contribution in [2.75, 3.05) is 13.1 Å². The van der Waals surface area contributed by atoms with Gasteiger partial charge in [-0.3, -0.25) is 4.79 Å². The molecule has 0 aliphatic heterocycles. The molecule has 0 heterocycles. The van der Waals surface area contributed by atoms with Crippen molar-refractivity contribution in [1.82, 2.24) is 10.0 Å². The number of rotatable bonds is 7. The molecule has 5 nitrogen and oxygen atoms in total. The molecule has 0 aliphatic rings. The number of hydrogen-bond donors (Lipinski definition) is 2. The van der Waals surface area contributed by atoms with Crippen molar-refractivity contribution in [2.45, 2.75) is 50.8 Å². The number of sulfonamides is 1. The van der Waals surface area contributed by atoms with E-state index in [0.29, 0.717) is 6.54 Å². The van der Waals surface area contributed by atoms with Crippen LogP contribution < -0.4 is 10.0 Å². The van der Waals surface area contributed by atoms with Crippen LogP contribution in [0.4, 0.5) is 0 Å². The molecule has 1 amide bonds. The summed E-state index contributed by atoms with van der Waals surface area (Å²) in [5.41, 5.74) is 1.05. The van der Waals surface area contributed by atoms with Gasteiger partial charge in [0.2, 0.25) is 15.9 Å². The molecule has 124 valence electrons. The predicted molar refractivity (Wildman–Crippen MR) is 88.2 cm³/mol. The van der Waals surface area contributed by atoms with E-state index in [2.05, 4.69) is 30.8 Å². The number of benzene rings is 1. The third-order valence-electron chi connectivity index (χ3n) is 3.25. The van der Waals surface area contributed by atoms with Crippen LogP contribution in [0.25, 0.3) is 0 Å².